The lowest BCUT2D eigenvalue weighted by Gasteiger charge is -2.29. The first kappa shape index (κ1) is 13.6. The first-order chi connectivity index (χ1) is 9.14. The van der Waals surface area contributed by atoms with Gasteiger partial charge in [-0.15, -0.1) is 0 Å². The van der Waals surface area contributed by atoms with Gasteiger partial charge < -0.3 is 9.47 Å². The second-order valence-electron chi connectivity index (χ2n) is 4.92. The fraction of sp³-hybridized carbons (Fsp3) is 0.571. The summed E-state index contributed by atoms with van der Waals surface area (Å²) in [6, 6.07) is 5.27. The van der Waals surface area contributed by atoms with Crippen molar-refractivity contribution < 1.29 is 14.4 Å². The predicted molar refractivity (Wildman–Crippen MR) is 71.3 cm³/mol. The molecule has 5 nitrogen and oxygen atoms in total. The molecule has 0 amide bonds. The molecule has 1 aliphatic rings. The quantitative estimate of drug-likeness (QED) is 0.619. The molecule has 0 heterocycles. The molecule has 0 aromatic heterocycles. The van der Waals surface area contributed by atoms with Crippen LogP contribution in [-0.4, -0.2) is 19.1 Å². The average molecular weight is 265 g/mol. The van der Waals surface area contributed by atoms with Crippen molar-refractivity contribution in [2.75, 3.05) is 14.2 Å². The molecular weight excluding hydrogens is 246 g/mol. The van der Waals surface area contributed by atoms with Gasteiger partial charge in [0.1, 0.15) is 0 Å². The monoisotopic (exact) mass is 265 g/mol. The van der Waals surface area contributed by atoms with Crippen molar-refractivity contribution in [1.29, 1.82) is 0 Å². The lowest BCUT2D eigenvalue weighted by atomic mass is 9.77. The van der Waals surface area contributed by atoms with Crippen LogP contribution in [-0.2, 0) is 5.54 Å². The maximum Gasteiger partial charge on any atom is 0.247 e. The van der Waals surface area contributed by atoms with E-state index >= 15 is 0 Å². The van der Waals surface area contributed by atoms with Crippen LogP contribution in [0, 0.1) is 10.1 Å². The molecule has 19 heavy (non-hydrogen) atoms. The summed E-state index contributed by atoms with van der Waals surface area (Å²) in [5.74, 6) is 1.15. The number of rotatable bonds is 4. The summed E-state index contributed by atoms with van der Waals surface area (Å²) < 4.78 is 10.4. The van der Waals surface area contributed by atoms with Gasteiger partial charge >= 0.3 is 0 Å². The molecule has 1 aliphatic carbocycles. The minimum Gasteiger partial charge on any atom is -0.493 e. The Hall–Kier alpha value is -1.78. The van der Waals surface area contributed by atoms with Crippen molar-refractivity contribution in [3.8, 4) is 11.5 Å². The number of hydrogen-bond donors (Lipinski definition) is 0. The summed E-state index contributed by atoms with van der Waals surface area (Å²) in [7, 11) is 3.10. The van der Waals surface area contributed by atoms with E-state index in [9.17, 15) is 10.1 Å². The SMILES string of the molecule is COc1ccc(C2([N+](=O)[O-])CCCCC2)cc1OC. The van der Waals surface area contributed by atoms with Gasteiger partial charge in [-0.2, -0.15) is 0 Å². The molecular formula is C14H19NO4. The molecule has 1 fully saturated rings. The number of nitrogens with zero attached hydrogens (tertiary/aromatic N) is 1. The lowest BCUT2D eigenvalue weighted by molar-refractivity contribution is -0.584. The third-order valence-electron chi connectivity index (χ3n) is 3.95. The van der Waals surface area contributed by atoms with E-state index in [1.807, 2.05) is 0 Å². The zero-order chi connectivity index (χ0) is 13.9. The zero-order valence-corrected chi connectivity index (χ0v) is 11.3. The molecule has 1 aromatic rings. The summed E-state index contributed by atoms with van der Waals surface area (Å²) in [5.41, 5.74) is -0.243. The normalized spacial score (nSPS) is 17.8. The van der Waals surface area contributed by atoms with Crippen molar-refractivity contribution in [2.45, 2.75) is 37.6 Å². The van der Waals surface area contributed by atoms with Crippen LogP contribution >= 0.6 is 0 Å². The van der Waals surface area contributed by atoms with Crippen LogP contribution in [0.15, 0.2) is 18.2 Å². The zero-order valence-electron chi connectivity index (χ0n) is 11.3. The van der Waals surface area contributed by atoms with E-state index in [0.29, 0.717) is 24.3 Å². The van der Waals surface area contributed by atoms with E-state index in [1.165, 1.54) is 0 Å². The summed E-state index contributed by atoms with van der Waals surface area (Å²) in [6.07, 6.45) is 4.05. The number of hydrogen-bond acceptors (Lipinski definition) is 4. The van der Waals surface area contributed by atoms with Crippen molar-refractivity contribution in [3.63, 3.8) is 0 Å². The number of benzene rings is 1. The van der Waals surface area contributed by atoms with Crippen LogP contribution in [0.25, 0.3) is 0 Å². The average Bonchev–Trinajstić information content (AvgIpc) is 2.47. The lowest BCUT2D eigenvalue weighted by Crippen LogP contribution is -2.37. The largest absolute Gasteiger partial charge is 0.493 e. The van der Waals surface area contributed by atoms with Gasteiger partial charge in [-0.25, -0.2) is 0 Å². The van der Waals surface area contributed by atoms with Gasteiger partial charge in [-0.1, -0.05) is 6.42 Å². The van der Waals surface area contributed by atoms with E-state index in [0.717, 1.165) is 24.8 Å². The number of methoxy groups -OCH3 is 2. The van der Waals surface area contributed by atoms with Crippen molar-refractivity contribution in [2.24, 2.45) is 0 Å². The van der Waals surface area contributed by atoms with Gasteiger partial charge in [-0.05, 0) is 31.0 Å². The Morgan fingerprint density at radius 3 is 2.26 bits per heavy atom. The van der Waals surface area contributed by atoms with Gasteiger partial charge in [0.25, 0.3) is 0 Å². The number of ether oxygens (including phenoxy) is 2. The van der Waals surface area contributed by atoms with Crippen molar-refractivity contribution >= 4 is 0 Å². The molecule has 0 bridgehead atoms. The third kappa shape index (κ3) is 2.37. The maximum atomic E-state index is 11.6. The highest BCUT2D eigenvalue weighted by Gasteiger charge is 2.45. The first-order valence-corrected chi connectivity index (χ1v) is 6.51. The maximum absolute atomic E-state index is 11.6. The van der Waals surface area contributed by atoms with E-state index in [4.69, 9.17) is 9.47 Å². The topological polar surface area (TPSA) is 61.6 Å². The molecule has 5 heteroatoms. The highest BCUT2D eigenvalue weighted by molar-refractivity contribution is 5.44. The Balaban J connectivity index is 2.45. The number of nitro groups is 1. The molecule has 0 N–H and O–H groups in total. The Bertz CT molecular complexity index is 467. The van der Waals surface area contributed by atoms with Gasteiger partial charge in [0, 0.05) is 23.3 Å². The molecule has 0 atom stereocenters. The summed E-state index contributed by atoms with van der Waals surface area (Å²) >= 11 is 0. The highest BCUT2D eigenvalue weighted by Crippen LogP contribution is 2.42. The molecule has 104 valence electrons. The summed E-state index contributed by atoms with van der Waals surface area (Å²) in [5, 5.41) is 11.6. The second-order valence-corrected chi connectivity index (χ2v) is 4.92. The molecule has 0 aliphatic heterocycles. The van der Waals surface area contributed by atoms with Crippen molar-refractivity contribution in [1.82, 2.24) is 0 Å². The van der Waals surface area contributed by atoms with Crippen LogP contribution in [0.1, 0.15) is 37.7 Å². The molecule has 1 saturated carbocycles. The fourth-order valence-electron chi connectivity index (χ4n) is 2.84. The smallest absolute Gasteiger partial charge is 0.247 e. The first-order valence-electron chi connectivity index (χ1n) is 6.51. The van der Waals surface area contributed by atoms with Gasteiger partial charge in [0.15, 0.2) is 11.5 Å². The Labute approximate surface area is 112 Å². The minimum atomic E-state index is -0.961. The third-order valence-corrected chi connectivity index (χ3v) is 3.95. The Kier molecular flexibility index (Phi) is 3.93. The van der Waals surface area contributed by atoms with E-state index < -0.39 is 5.54 Å². The standard InChI is InChI=1S/C14H19NO4/c1-18-12-7-6-11(10-13(12)19-2)14(15(16)17)8-4-3-5-9-14/h6-7,10H,3-5,8-9H2,1-2H3. The van der Waals surface area contributed by atoms with Crippen molar-refractivity contribution in [3.05, 3.63) is 33.9 Å². The van der Waals surface area contributed by atoms with Gasteiger partial charge in [0.05, 0.1) is 14.2 Å². The van der Waals surface area contributed by atoms with E-state index in [2.05, 4.69) is 0 Å². The molecule has 0 spiro atoms. The van der Waals surface area contributed by atoms with Crippen LogP contribution in [0.2, 0.25) is 0 Å². The second kappa shape index (κ2) is 5.47. The van der Waals surface area contributed by atoms with E-state index in [-0.39, 0.29) is 4.92 Å². The van der Waals surface area contributed by atoms with Crippen LogP contribution < -0.4 is 9.47 Å². The summed E-state index contributed by atoms with van der Waals surface area (Å²) in [6.45, 7) is 0. The molecule has 1 aromatic carbocycles. The van der Waals surface area contributed by atoms with Gasteiger partial charge in [0.2, 0.25) is 5.54 Å². The van der Waals surface area contributed by atoms with Gasteiger partial charge in [-0.3, -0.25) is 10.1 Å². The van der Waals surface area contributed by atoms with Crippen LogP contribution in [0.3, 0.4) is 0 Å². The molecule has 0 unspecified atom stereocenters. The highest BCUT2D eigenvalue weighted by atomic mass is 16.6. The van der Waals surface area contributed by atoms with Crippen LogP contribution in [0.4, 0.5) is 0 Å². The molecule has 2 rings (SSSR count). The Morgan fingerprint density at radius 2 is 1.74 bits per heavy atom. The molecule has 0 radical (unpaired) electrons. The van der Waals surface area contributed by atoms with Crippen LogP contribution in [0.5, 0.6) is 11.5 Å². The molecule has 0 saturated heterocycles. The fourth-order valence-corrected chi connectivity index (χ4v) is 2.84. The predicted octanol–water partition coefficient (Wildman–Crippen LogP) is 3.14. The Morgan fingerprint density at radius 1 is 1.11 bits per heavy atom. The van der Waals surface area contributed by atoms with E-state index in [1.54, 1.807) is 32.4 Å². The summed E-state index contributed by atoms with van der Waals surface area (Å²) in [4.78, 5) is 11.4. The minimum absolute atomic E-state index is 0.132.